The highest BCUT2D eigenvalue weighted by Crippen LogP contribution is 2.24. The van der Waals surface area contributed by atoms with E-state index >= 15 is 0 Å². The summed E-state index contributed by atoms with van der Waals surface area (Å²) in [6, 6.07) is 0. The van der Waals surface area contributed by atoms with Gasteiger partial charge >= 0.3 is 5.97 Å². The van der Waals surface area contributed by atoms with E-state index in [1.165, 1.54) is 5.75 Å². The van der Waals surface area contributed by atoms with Crippen LogP contribution in [-0.4, -0.2) is 35.1 Å². The Morgan fingerprint density at radius 2 is 2.38 bits per heavy atom. The Kier molecular flexibility index (Phi) is 5.71. The molecule has 76 valence electrons. The van der Waals surface area contributed by atoms with E-state index in [1.54, 1.807) is 11.8 Å². The Balaban J connectivity index is 2.13. The summed E-state index contributed by atoms with van der Waals surface area (Å²) in [5.74, 6) is 3.17. The van der Waals surface area contributed by atoms with Gasteiger partial charge in [0.05, 0.1) is 6.61 Å². The van der Waals surface area contributed by atoms with Crippen molar-refractivity contribution in [1.82, 2.24) is 0 Å². The molecule has 0 aromatic carbocycles. The maximum atomic E-state index is 11.4. The molecule has 2 nitrogen and oxygen atoms in total. The molecule has 0 bridgehead atoms. The molecule has 4 heteroatoms. The zero-order chi connectivity index (χ0) is 9.52. The second-order valence-electron chi connectivity index (χ2n) is 2.96. The summed E-state index contributed by atoms with van der Waals surface area (Å²) in [5.41, 5.74) is 0. The summed E-state index contributed by atoms with van der Waals surface area (Å²) >= 11 is 3.58. The number of rotatable bonds is 4. The summed E-state index contributed by atoms with van der Waals surface area (Å²) < 4.78 is 5.15. The first kappa shape index (κ1) is 11.2. The monoisotopic (exact) mass is 220 g/mol. The number of carbonyl (C=O) groups excluding carboxylic acids is 1. The van der Waals surface area contributed by atoms with E-state index in [1.807, 2.05) is 11.8 Å². The molecule has 1 unspecified atom stereocenters. The molecular formula is C9H16O2S2. The standard InChI is InChI=1S/C9H16O2S2/c1-2-3-4-11-9(10)8-7-12-5-6-13-8/h8H,2-7H2,1H3. The zero-order valence-corrected chi connectivity index (χ0v) is 9.59. The molecule has 1 saturated heterocycles. The number of hydrogen-bond donors (Lipinski definition) is 0. The molecule has 1 aliphatic heterocycles. The molecule has 0 aliphatic carbocycles. The Morgan fingerprint density at radius 1 is 1.54 bits per heavy atom. The van der Waals surface area contributed by atoms with Crippen molar-refractivity contribution < 1.29 is 9.53 Å². The summed E-state index contributed by atoms with van der Waals surface area (Å²) in [5, 5.41) is 0.0932. The Hall–Kier alpha value is 0.170. The largest absolute Gasteiger partial charge is 0.465 e. The average Bonchev–Trinajstić information content (AvgIpc) is 2.19. The predicted molar refractivity (Wildman–Crippen MR) is 59.4 cm³/mol. The minimum Gasteiger partial charge on any atom is -0.465 e. The molecule has 1 rings (SSSR count). The average molecular weight is 220 g/mol. The second-order valence-corrected chi connectivity index (χ2v) is 5.42. The van der Waals surface area contributed by atoms with Gasteiger partial charge in [-0.3, -0.25) is 4.79 Å². The summed E-state index contributed by atoms with van der Waals surface area (Å²) in [6.07, 6.45) is 2.07. The lowest BCUT2D eigenvalue weighted by Crippen LogP contribution is -2.26. The van der Waals surface area contributed by atoms with Crippen LogP contribution in [0.2, 0.25) is 0 Å². The quantitative estimate of drug-likeness (QED) is 0.536. The number of unbranched alkanes of at least 4 members (excludes halogenated alkanes) is 1. The molecule has 0 saturated carbocycles. The van der Waals surface area contributed by atoms with Crippen LogP contribution < -0.4 is 0 Å². The van der Waals surface area contributed by atoms with E-state index in [-0.39, 0.29) is 11.2 Å². The fourth-order valence-electron chi connectivity index (χ4n) is 1.03. The lowest BCUT2D eigenvalue weighted by molar-refractivity contribution is -0.142. The number of hydrogen-bond acceptors (Lipinski definition) is 4. The van der Waals surface area contributed by atoms with Crippen LogP contribution in [0.4, 0.5) is 0 Å². The van der Waals surface area contributed by atoms with Crippen LogP contribution in [0.25, 0.3) is 0 Å². The molecule has 0 N–H and O–H groups in total. The highest BCUT2D eigenvalue weighted by atomic mass is 32.2. The third-order valence-electron chi connectivity index (χ3n) is 1.82. The van der Waals surface area contributed by atoms with Gasteiger partial charge in [0.2, 0.25) is 0 Å². The van der Waals surface area contributed by atoms with Crippen molar-refractivity contribution in [3.8, 4) is 0 Å². The van der Waals surface area contributed by atoms with Crippen LogP contribution in [0.15, 0.2) is 0 Å². The highest BCUT2D eigenvalue weighted by molar-refractivity contribution is 8.07. The van der Waals surface area contributed by atoms with E-state index in [0.717, 1.165) is 24.3 Å². The van der Waals surface area contributed by atoms with Gasteiger partial charge in [-0.25, -0.2) is 0 Å². The van der Waals surface area contributed by atoms with Crippen molar-refractivity contribution in [3.05, 3.63) is 0 Å². The number of thioether (sulfide) groups is 2. The van der Waals surface area contributed by atoms with Gasteiger partial charge in [0.15, 0.2) is 0 Å². The first-order valence-corrected chi connectivity index (χ1v) is 6.91. The van der Waals surface area contributed by atoms with E-state index in [2.05, 4.69) is 6.92 Å². The van der Waals surface area contributed by atoms with E-state index in [0.29, 0.717) is 6.61 Å². The number of ether oxygens (including phenoxy) is 1. The lowest BCUT2D eigenvalue weighted by Gasteiger charge is -2.19. The molecule has 13 heavy (non-hydrogen) atoms. The molecule has 0 aromatic heterocycles. The topological polar surface area (TPSA) is 26.3 Å². The molecule has 1 heterocycles. The number of esters is 1. The Labute approximate surface area is 88.2 Å². The molecule has 0 spiro atoms. The van der Waals surface area contributed by atoms with Gasteiger partial charge in [-0.2, -0.15) is 11.8 Å². The molecular weight excluding hydrogens is 204 g/mol. The van der Waals surface area contributed by atoms with Crippen LogP contribution >= 0.6 is 23.5 Å². The second kappa shape index (κ2) is 6.60. The van der Waals surface area contributed by atoms with Gasteiger partial charge < -0.3 is 4.74 Å². The van der Waals surface area contributed by atoms with E-state index in [9.17, 15) is 4.79 Å². The van der Waals surface area contributed by atoms with Crippen LogP contribution in [-0.2, 0) is 9.53 Å². The fraction of sp³-hybridized carbons (Fsp3) is 0.889. The molecule has 0 aromatic rings. The van der Waals surface area contributed by atoms with Crippen LogP contribution in [0.5, 0.6) is 0 Å². The van der Waals surface area contributed by atoms with E-state index in [4.69, 9.17) is 4.74 Å². The summed E-state index contributed by atoms with van der Waals surface area (Å²) in [6.45, 7) is 2.69. The normalized spacial score (nSPS) is 22.7. The maximum absolute atomic E-state index is 11.4. The maximum Gasteiger partial charge on any atom is 0.319 e. The smallest absolute Gasteiger partial charge is 0.319 e. The van der Waals surface area contributed by atoms with Gasteiger partial charge in [-0.1, -0.05) is 13.3 Å². The van der Waals surface area contributed by atoms with Crippen molar-refractivity contribution in [2.24, 2.45) is 0 Å². The van der Waals surface area contributed by atoms with Crippen molar-refractivity contribution in [1.29, 1.82) is 0 Å². The van der Waals surface area contributed by atoms with Gasteiger partial charge in [-0.15, -0.1) is 11.8 Å². The molecule has 0 amide bonds. The summed E-state index contributed by atoms with van der Waals surface area (Å²) in [7, 11) is 0. The zero-order valence-electron chi connectivity index (χ0n) is 7.95. The van der Waals surface area contributed by atoms with Gasteiger partial charge in [0.1, 0.15) is 5.25 Å². The lowest BCUT2D eigenvalue weighted by atomic mass is 10.4. The van der Waals surface area contributed by atoms with Crippen molar-refractivity contribution >= 4 is 29.5 Å². The van der Waals surface area contributed by atoms with Gasteiger partial charge in [0.25, 0.3) is 0 Å². The van der Waals surface area contributed by atoms with Gasteiger partial charge in [-0.05, 0) is 6.42 Å². The molecule has 1 fully saturated rings. The molecule has 0 radical (unpaired) electrons. The minimum atomic E-state index is -0.00866. The summed E-state index contributed by atoms with van der Waals surface area (Å²) in [4.78, 5) is 11.4. The van der Waals surface area contributed by atoms with Crippen molar-refractivity contribution in [2.45, 2.75) is 25.0 Å². The highest BCUT2D eigenvalue weighted by Gasteiger charge is 2.23. The van der Waals surface area contributed by atoms with Crippen LogP contribution in [0, 0.1) is 0 Å². The first-order chi connectivity index (χ1) is 6.34. The first-order valence-electron chi connectivity index (χ1n) is 4.70. The predicted octanol–water partition coefficient (Wildman–Crippen LogP) is 2.18. The van der Waals surface area contributed by atoms with Gasteiger partial charge in [0, 0.05) is 17.3 Å². The number of carbonyl (C=O) groups is 1. The SMILES string of the molecule is CCCCOC(=O)C1CSCCS1. The van der Waals surface area contributed by atoms with Crippen LogP contribution in [0.1, 0.15) is 19.8 Å². The fourth-order valence-corrected chi connectivity index (χ4v) is 3.57. The van der Waals surface area contributed by atoms with Crippen molar-refractivity contribution in [3.63, 3.8) is 0 Å². The van der Waals surface area contributed by atoms with Crippen molar-refractivity contribution in [2.75, 3.05) is 23.9 Å². The minimum absolute atomic E-state index is 0.00866. The molecule has 1 aliphatic rings. The van der Waals surface area contributed by atoms with E-state index < -0.39 is 0 Å². The Bertz CT molecular complexity index is 156. The molecule has 1 atom stereocenters. The Morgan fingerprint density at radius 3 is 3.00 bits per heavy atom. The third-order valence-corrected chi connectivity index (χ3v) is 4.55. The van der Waals surface area contributed by atoms with Crippen LogP contribution in [0.3, 0.4) is 0 Å². The third kappa shape index (κ3) is 4.27.